The number of carbonyl (C=O) groups is 1. The van der Waals surface area contributed by atoms with Crippen molar-refractivity contribution in [3.8, 4) is 0 Å². The normalized spacial score (nSPS) is 24.5. The molecular formula is C15H23N3O3S. The van der Waals surface area contributed by atoms with Gasteiger partial charge in [-0.1, -0.05) is 0 Å². The third-order valence-electron chi connectivity index (χ3n) is 4.90. The van der Waals surface area contributed by atoms with Crippen LogP contribution in [-0.4, -0.2) is 53.1 Å². The number of amides is 1. The third kappa shape index (κ3) is 3.19. The molecule has 1 aromatic heterocycles. The molecule has 3 rings (SSSR count). The summed E-state index contributed by atoms with van der Waals surface area (Å²) in [6.07, 6.45) is 4.99. The highest BCUT2D eigenvalue weighted by Crippen LogP contribution is 2.37. The second kappa shape index (κ2) is 5.68. The van der Waals surface area contributed by atoms with Gasteiger partial charge in [-0.15, -0.1) is 0 Å². The van der Waals surface area contributed by atoms with E-state index < -0.39 is 9.84 Å². The monoisotopic (exact) mass is 325 g/mol. The fraction of sp³-hybridized carbons (Fsp3) is 0.733. The molecule has 1 aromatic rings. The lowest BCUT2D eigenvalue weighted by molar-refractivity contribution is -0.133. The largest absolute Gasteiger partial charge is 0.337 e. The topological polar surface area (TPSA) is 72.3 Å². The van der Waals surface area contributed by atoms with Crippen molar-refractivity contribution in [2.45, 2.75) is 38.6 Å². The first-order chi connectivity index (χ1) is 10.4. The lowest BCUT2D eigenvalue weighted by atomic mass is 10.1. The van der Waals surface area contributed by atoms with Crippen LogP contribution in [0.5, 0.6) is 0 Å². The Morgan fingerprint density at radius 3 is 2.73 bits per heavy atom. The van der Waals surface area contributed by atoms with E-state index in [2.05, 4.69) is 5.10 Å². The van der Waals surface area contributed by atoms with E-state index in [0.717, 1.165) is 24.1 Å². The Morgan fingerprint density at radius 1 is 1.41 bits per heavy atom. The smallest absolute Gasteiger partial charge is 0.223 e. The molecule has 1 aliphatic heterocycles. The van der Waals surface area contributed by atoms with E-state index in [1.54, 1.807) is 4.68 Å². The lowest BCUT2D eigenvalue weighted by Gasteiger charge is -2.35. The Morgan fingerprint density at radius 2 is 2.14 bits per heavy atom. The fourth-order valence-electron chi connectivity index (χ4n) is 3.19. The van der Waals surface area contributed by atoms with Crippen molar-refractivity contribution >= 4 is 15.7 Å². The van der Waals surface area contributed by atoms with Gasteiger partial charge < -0.3 is 4.90 Å². The number of carbonyl (C=O) groups excluding carboxylic acids is 1. The van der Waals surface area contributed by atoms with Crippen molar-refractivity contribution in [2.24, 2.45) is 13.0 Å². The molecule has 2 heterocycles. The number of aromatic nitrogens is 2. The molecule has 122 valence electrons. The zero-order valence-corrected chi connectivity index (χ0v) is 14.0. The summed E-state index contributed by atoms with van der Waals surface area (Å²) in [4.78, 5) is 14.4. The van der Waals surface area contributed by atoms with Gasteiger partial charge in [0.15, 0.2) is 9.84 Å². The van der Waals surface area contributed by atoms with Gasteiger partial charge in [0.1, 0.15) is 0 Å². The van der Waals surface area contributed by atoms with Crippen LogP contribution in [0, 0.1) is 12.8 Å². The standard InChI is InChI=1S/C15H23N3O3S/c1-11-13(9-16-17(11)2)5-6-15(19)18-7-8-22(20,21)10-14(18)12-3-4-12/h9,12,14H,3-8,10H2,1-2H3. The molecule has 22 heavy (non-hydrogen) atoms. The molecule has 1 unspecified atom stereocenters. The van der Waals surface area contributed by atoms with Crippen molar-refractivity contribution < 1.29 is 13.2 Å². The Bertz CT molecular complexity index is 676. The molecule has 1 amide bonds. The first-order valence-electron chi connectivity index (χ1n) is 7.85. The third-order valence-corrected chi connectivity index (χ3v) is 6.55. The van der Waals surface area contributed by atoms with Crippen molar-refractivity contribution in [2.75, 3.05) is 18.1 Å². The zero-order chi connectivity index (χ0) is 15.9. The summed E-state index contributed by atoms with van der Waals surface area (Å²) in [5.74, 6) is 0.720. The van der Waals surface area contributed by atoms with Gasteiger partial charge in [0.05, 0.1) is 17.7 Å². The highest BCUT2D eigenvalue weighted by atomic mass is 32.2. The number of nitrogens with zero attached hydrogens (tertiary/aromatic N) is 3. The van der Waals surface area contributed by atoms with E-state index in [1.807, 2.05) is 25.1 Å². The van der Waals surface area contributed by atoms with E-state index >= 15 is 0 Å². The van der Waals surface area contributed by atoms with Gasteiger partial charge in [-0.25, -0.2) is 8.42 Å². The summed E-state index contributed by atoms with van der Waals surface area (Å²) in [5, 5.41) is 4.19. The molecule has 6 nitrogen and oxygen atoms in total. The molecule has 0 N–H and O–H groups in total. The Hall–Kier alpha value is -1.37. The van der Waals surface area contributed by atoms with Gasteiger partial charge in [-0.3, -0.25) is 9.48 Å². The van der Waals surface area contributed by atoms with Gasteiger partial charge >= 0.3 is 0 Å². The fourth-order valence-corrected chi connectivity index (χ4v) is 4.81. The molecule has 1 saturated heterocycles. The van der Waals surface area contributed by atoms with Crippen LogP contribution in [0.3, 0.4) is 0 Å². The summed E-state index contributed by atoms with van der Waals surface area (Å²) in [6, 6.07) is -0.0961. The van der Waals surface area contributed by atoms with Crippen molar-refractivity contribution in [3.05, 3.63) is 17.5 Å². The predicted molar refractivity (Wildman–Crippen MR) is 83.1 cm³/mol. The number of aryl methyl sites for hydroxylation is 2. The summed E-state index contributed by atoms with van der Waals surface area (Å²) in [7, 11) is -1.09. The molecule has 0 radical (unpaired) electrons. The molecular weight excluding hydrogens is 302 g/mol. The van der Waals surface area contributed by atoms with Crippen LogP contribution in [0.4, 0.5) is 0 Å². The quantitative estimate of drug-likeness (QED) is 0.817. The van der Waals surface area contributed by atoms with Gasteiger partial charge in [-0.05, 0) is 37.7 Å². The molecule has 1 aliphatic carbocycles. The molecule has 1 saturated carbocycles. The van der Waals surface area contributed by atoms with Gasteiger partial charge in [-0.2, -0.15) is 5.10 Å². The molecule has 2 fully saturated rings. The van der Waals surface area contributed by atoms with Crippen LogP contribution in [0.15, 0.2) is 6.20 Å². The second-order valence-electron chi connectivity index (χ2n) is 6.49. The average molecular weight is 325 g/mol. The summed E-state index contributed by atoms with van der Waals surface area (Å²) in [5.41, 5.74) is 2.16. The van der Waals surface area contributed by atoms with Gasteiger partial charge in [0.25, 0.3) is 0 Å². The maximum absolute atomic E-state index is 12.5. The van der Waals surface area contributed by atoms with E-state index in [0.29, 0.717) is 25.3 Å². The van der Waals surface area contributed by atoms with Crippen molar-refractivity contribution in [1.29, 1.82) is 0 Å². The molecule has 0 aromatic carbocycles. The van der Waals surface area contributed by atoms with Crippen LogP contribution in [0.25, 0.3) is 0 Å². The van der Waals surface area contributed by atoms with E-state index in [1.165, 1.54) is 0 Å². The maximum Gasteiger partial charge on any atom is 0.223 e. The van der Waals surface area contributed by atoms with E-state index in [4.69, 9.17) is 0 Å². The van der Waals surface area contributed by atoms with Crippen molar-refractivity contribution in [1.82, 2.24) is 14.7 Å². The van der Waals surface area contributed by atoms with Crippen LogP contribution in [0.2, 0.25) is 0 Å². The Balaban J connectivity index is 1.64. The predicted octanol–water partition coefficient (Wildman–Crippen LogP) is 0.697. The number of rotatable bonds is 4. The second-order valence-corrected chi connectivity index (χ2v) is 8.71. The molecule has 0 bridgehead atoms. The lowest BCUT2D eigenvalue weighted by Crippen LogP contribution is -2.52. The van der Waals surface area contributed by atoms with Crippen molar-refractivity contribution in [3.63, 3.8) is 0 Å². The van der Waals surface area contributed by atoms with Gasteiger partial charge in [0, 0.05) is 31.7 Å². The van der Waals surface area contributed by atoms with Crippen LogP contribution in [0.1, 0.15) is 30.5 Å². The Labute approximate surface area is 131 Å². The summed E-state index contributed by atoms with van der Waals surface area (Å²) < 4.78 is 25.5. The van der Waals surface area contributed by atoms with E-state index in [9.17, 15) is 13.2 Å². The number of hydrogen-bond donors (Lipinski definition) is 0. The Kier molecular flexibility index (Phi) is 4.01. The molecule has 2 aliphatic rings. The molecule has 0 spiro atoms. The average Bonchev–Trinajstić information content (AvgIpc) is 3.25. The van der Waals surface area contributed by atoms with Crippen LogP contribution >= 0.6 is 0 Å². The highest BCUT2D eigenvalue weighted by molar-refractivity contribution is 7.91. The SMILES string of the molecule is Cc1c(CCC(=O)N2CCS(=O)(=O)CC2C2CC2)cnn1C. The number of hydrogen-bond acceptors (Lipinski definition) is 4. The van der Waals surface area contributed by atoms with E-state index in [-0.39, 0.29) is 23.5 Å². The highest BCUT2D eigenvalue weighted by Gasteiger charge is 2.42. The van der Waals surface area contributed by atoms with Crippen LogP contribution < -0.4 is 0 Å². The van der Waals surface area contributed by atoms with Gasteiger partial charge in [0.2, 0.25) is 5.91 Å². The number of sulfone groups is 1. The van der Waals surface area contributed by atoms with Crippen LogP contribution in [-0.2, 0) is 28.1 Å². The molecule has 1 atom stereocenters. The first kappa shape index (κ1) is 15.5. The first-order valence-corrected chi connectivity index (χ1v) is 9.67. The minimum Gasteiger partial charge on any atom is -0.337 e. The molecule has 7 heteroatoms. The minimum absolute atomic E-state index is 0.0788. The summed E-state index contributed by atoms with van der Waals surface area (Å²) >= 11 is 0. The maximum atomic E-state index is 12.5. The summed E-state index contributed by atoms with van der Waals surface area (Å²) in [6.45, 7) is 2.35. The zero-order valence-electron chi connectivity index (χ0n) is 13.2. The minimum atomic E-state index is -2.98.